The van der Waals surface area contributed by atoms with E-state index in [0.29, 0.717) is 12.3 Å². The number of nitrogens with one attached hydrogen (secondary N) is 2. The molecule has 1 heterocycles. The van der Waals surface area contributed by atoms with Crippen LogP contribution in [0.15, 0.2) is 18.2 Å². The fraction of sp³-hybridized carbons (Fsp3) is 0.533. The highest BCUT2D eigenvalue weighted by Crippen LogP contribution is 2.31. The quantitative estimate of drug-likeness (QED) is 0.897. The maximum Gasteiger partial charge on any atom is 0.233 e. The molecule has 1 aromatic rings. The van der Waals surface area contributed by atoms with Crippen molar-refractivity contribution in [3.63, 3.8) is 0 Å². The van der Waals surface area contributed by atoms with E-state index in [1.165, 1.54) is 12.1 Å². The summed E-state index contributed by atoms with van der Waals surface area (Å²) in [5, 5.41) is 6.07. The van der Waals surface area contributed by atoms with E-state index in [1.54, 1.807) is 20.1 Å². The Bertz CT molecular complexity index is 465. The Hall–Kier alpha value is -1.17. The molecule has 6 heteroatoms. The number of rotatable bonds is 4. The summed E-state index contributed by atoms with van der Waals surface area (Å²) in [7, 11) is 1.60. The summed E-state index contributed by atoms with van der Waals surface area (Å²) in [5.74, 6) is -0.433. The molecule has 0 aliphatic carbocycles. The lowest BCUT2D eigenvalue weighted by Crippen LogP contribution is -2.47. The fourth-order valence-electron chi connectivity index (χ4n) is 2.69. The predicted octanol–water partition coefficient (Wildman–Crippen LogP) is 2.51. The first-order valence-corrected chi connectivity index (χ1v) is 6.84. The molecule has 118 valence electrons. The standard InChI is InChI=1S/C15H21FN2O2.ClH/c1-11-7-12(16)9-13(8-11)18-14(19)15(10-20-2)3-5-17-6-4-15;/h7-9,17H,3-6,10H2,1-2H3,(H,18,19);1H. The molecule has 2 rings (SSSR count). The average Bonchev–Trinajstić information content (AvgIpc) is 2.38. The second-order valence-corrected chi connectivity index (χ2v) is 5.43. The first-order chi connectivity index (χ1) is 9.55. The van der Waals surface area contributed by atoms with Crippen molar-refractivity contribution in [2.45, 2.75) is 19.8 Å². The van der Waals surface area contributed by atoms with Crippen LogP contribution in [0.1, 0.15) is 18.4 Å². The molecule has 0 bridgehead atoms. The zero-order valence-electron chi connectivity index (χ0n) is 12.4. The fourth-order valence-corrected chi connectivity index (χ4v) is 2.69. The first-order valence-electron chi connectivity index (χ1n) is 6.84. The lowest BCUT2D eigenvalue weighted by Gasteiger charge is -2.35. The van der Waals surface area contributed by atoms with Gasteiger partial charge in [0.25, 0.3) is 0 Å². The number of ether oxygens (including phenoxy) is 1. The van der Waals surface area contributed by atoms with Crippen molar-refractivity contribution in [3.8, 4) is 0 Å². The zero-order valence-corrected chi connectivity index (χ0v) is 13.2. The smallest absolute Gasteiger partial charge is 0.233 e. The monoisotopic (exact) mass is 316 g/mol. The molecule has 1 aromatic carbocycles. The lowest BCUT2D eigenvalue weighted by atomic mass is 9.78. The van der Waals surface area contributed by atoms with Crippen molar-refractivity contribution in [3.05, 3.63) is 29.6 Å². The number of aryl methyl sites for hydroxylation is 1. The summed E-state index contributed by atoms with van der Waals surface area (Å²) in [6.07, 6.45) is 1.45. The number of hydrogen-bond acceptors (Lipinski definition) is 3. The SMILES string of the molecule is COCC1(C(=O)Nc2cc(C)cc(F)c2)CCNCC1.Cl. The molecule has 1 saturated heterocycles. The Balaban J connectivity index is 0.00000220. The van der Waals surface area contributed by atoms with Crippen LogP contribution in [0.25, 0.3) is 0 Å². The van der Waals surface area contributed by atoms with E-state index in [4.69, 9.17) is 4.74 Å². The second kappa shape index (κ2) is 7.73. The molecule has 0 aromatic heterocycles. The van der Waals surface area contributed by atoms with E-state index in [1.807, 2.05) is 0 Å². The van der Waals surface area contributed by atoms with Crippen molar-refractivity contribution in [2.75, 3.05) is 32.1 Å². The van der Waals surface area contributed by atoms with Crippen LogP contribution in [0.2, 0.25) is 0 Å². The largest absolute Gasteiger partial charge is 0.384 e. The van der Waals surface area contributed by atoms with E-state index in [-0.39, 0.29) is 24.1 Å². The van der Waals surface area contributed by atoms with Crippen molar-refractivity contribution in [1.29, 1.82) is 0 Å². The van der Waals surface area contributed by atoms with E-state index in [9.17, 15) is 9.18 Å². The average molecular weight is 317 g/mol. The number of amides is 1. The van der Waals surface area contributed by atoms with Gasteiger partial charge >= 0.3 is 0 Å². The Kier molecular flexibility index (Phi) is 6.58. The van der Waals surface area contributed by atoms with Crippen LogP contribution in [0.5, 0.6) is 0 Å². The summed E-state index contributed by atoms with van der Waals surface area (Å²) in [5.41, 5.74) is 0.758. The molecule has 2 N–H and O–H groups in total. The molecule has 21 heavy (non-hydrogen) atoms. The molecular formula is C15H22ClFN2O2. The molecule has 4 nitrogen and oxygen atoms in total. The van der Waals surface area contributed by atoms with Gasteiger partial charge in [-0.15, -0.1) is 12.4 Å². The maximum absolute atomic E-state index is 13.4. The summed E-state index contributed by atoms with van der Waals surface area (Å²) in [6, 6.07) is 4.54. The third kappa shape index (κ3) is 4.40. The van der Waals surface area contributed by atoms with Crippen LogP contribution >= 0.6 is 12.4 Å². The third-order valence-corrected chi connectivity index (χ3v) is 3.76. The summed E-state index contributed by atoms with van der Waals surface area (Å²) in [6.45, 7) is 3.76. The molecule has 0 spiro atoms. The van der Waals surface area contributed by atoms with Gasteiger partial charge < -0.3 is 15.4 Å². The summed E-state index contributed by atoms with van der Waals surface area (Å²) in [4.78, 5) is 12.6. The Morgan fingerprint density at radius 3 is 2.62 bits per heavy atom. The van der Waals surface area contributed by atoms with Crippen LogP contribution in [0.3, 0.4) is 0 Å². The highest BCUT2D eigenvalue weighted by atomic mass is 35.5. The van der Waals surface area contributed by atoms with Gasteiger partial charge in [0.2, 0.25) is 5.91 Å². The van der Waals surface area contributed by atoms with E-state index < -0.39 is 5.41 Å². The molecule has 0 atom stereocenters. The van der Waals surface area contributed by atoms with Gasteiger partial charge in [-0.2, -0.15) is 0 Å². The minimum Gasteiger partial charge on any atom is -0.384 e. The molecule has 0 unspecified atom stereocenters. The third-order valence-electron chi connectivity index (χ3n) is 3.76. The maximum atomic E-state index is 13.4. The molecule has 0 radical (unpaired) electrons. The number of piperidine rings is 1. The molecule has 1 aliphatic heterocycles. The lowest BCUT2D eigenvalue weighted by molar-refractivity contribution is -0.130. The van der Waals surface area contributed by atoms with Crippen molar-refractivity contribution < 1.29 is 13.9 Å². The predicted molar refractivity (Wildman–Crippen MR) is 83.4 cm³/mol. The van der Waals surface area contributed by atoms with Gasteiger partial charge in [-0.1, -0.05) is 0 Å². The zero-order chi connectivity index (χ0) is 14.6. The van der Waals surface area contributed by atoms with Crippen LogP contribution in [0.4, 0.5) is 10.1 Å². The normalized spacial score (nSPS) is 16.9. The highest BCUT2D eigenvalue weighted by Gasteiger charge is 2.39. The van der Waals surface area contributed by atoms with E-state index >= 15 is 0 Å². The van der Waals surface area contributed by atoms with Gasteiger partial charge in [-0.05, 0) is 56.6 Å². The summed E-state index contributed by atoms with van der Waals surface area (Å²) >= 11 is 0. The molecule has 1 aliphatic rings. The van der Waals surface area contributed by atoms with Gasteiger partial charge in [0.1, 0.15) is 5.82 Å². The molecular weight excluding hydrogens is 295 g/mol. The number of methoxy groups -OCH3 is 1. The number of benzene rings is 1. The number of hydrogen-bond donors (Lipinski definition) is 2. The van der Waals surface area contributed by atoms with E-state index in [0.717, 1.165) is 31.5 Å². The number of carbonyl (C=O) groups is 1. The number of halogens is 2. The Labute approximate surface area is 130 Å². The Morgan fingerprint density at radius 2 is 2.05 bits per heavy atom. The minimum absolute atomic E-state index is 0. The highest BCUT2D eigenvalue weighted by molar-refractivity contribution is 5.95. The second-order valence-electron chi connectivity index (χ2n) is 5.43. The number of anilines is 1. The first kappa shape index (κ1) is 17.9. The van der Waals surface area contributed by atoms with Crippen molar-refractivity contribution in [1.82, 2.24) is 5.32 Å². The van der Waals surface area contributed by atoms with Gasteiger partial charge in [-0.3, -0.25) is 4.79 Å². The van der Waals surface area contributed by atoms with Gasteiger partial charge in [0, 0.05) is 12.8 Å². The van der Waals surface area contributed by atoms with E-state index in [2.05, 4.69) is 10.6 Å². The van der Waals surface area contributed by atoms with Gasteiger partial charge in [0.05, 0.1) is 12.0 Å². The molecule has 0 saturated carbocycles. The molecule has 1 fully saturated rings. The van der Waals surface area contributed by atoms with Crippen molar-refractivity contribution in [2.24, 2.45) is 5.41 Å². The molecule has 1 amide bonds. The van der Waals surface area contributed by atoms with Crippen LogP contribution in [-0.2, 0) is 9.53 Å². The van der Waals surface area contributed by atoms with Crippen molar-refractivity contribution >= 4 is 24.0 Å². The summed E-state index contributed by atoms with van der Waals surface area (Å²) < 4.78 is 18.6. The number of carbonyl (C=O) groups excluding carboxylic acids is 1. The Morgan fingerprint density at radius 1 is 1.38 bits per heavy atom. The van der Waals surface area contributed by atoms with Crippen LogP contribution in [0, 0.1) is 18.2 Å². The van der Waals surface area contributed by atoms with Crippen LogP contribution < -0.4 is 10.6 Å². The topological polar surface area (TPSA) is 50.4 Å². The minimum atomic E-state index is -0.528. The van der Waals surface area contributed by atoms with Gasteiger partial charge in [-0.25, -0.2) is 4.39 Å². The van der Waals surface area contributed by atoms with Gasteiger partial charge in [0.15, 0.2) is 0 Å². The van der Waals surface area contributed by atoms with Crippen LogP contribution in [-0.4, -0.2) is 32.7 Å².